The Morgan fingerprint density at radius 2 is 1.67 bits per heavy atom. The highest BCUT2D eigenvalue weighted by Gasteiger charge is 2.84. The maximum absolute atomic E-state index is 12.4. The molecule has 0 aliphatic carbocycles. The molecule has 106 valence electrons. The van der Waals surface area contributed by atoms with Gasteiger partial charge in [-0.1, -0.05) is 0 Å². The van der Waals surface area contributed by atoms with Crippen molar-refractivity contribution >= 4 is 5.91 Å². The molecular formula is C8H10F6N2O2. The Labute approximate surface area is 98.0 Å². The van der Waals surface area contributed by atoms with Crippen molar-refractivity contribution in [3.8, 4) is 0 Å². The van der Waals surface area contributed by atoms with Crippen molar-refractivity contribution in [2.75, 3.05) is 27.2 Å². The second kappa shape index (κ2) is 4.26. The molecule has 0 aromatic carbocycles. The Morgan fingerprint density at radius 1 is 1.22 bits per heavy atom. The molecule has 10 heteroatoms. The van der Waals surface area contributed by atoms with Crippen molar-refractivity contribution in [3.05, 3.63) is 0 Å². The summed E-state index contributed by atoms with van der Waals surface area (Å²) in [4.78, 5) is 16.2. The minimum atomic E-state index is -5.51. The molecule has 1 aliphatic heterocycles. The van der Waals surface area contributed by atoms with E-state index in [1.165, 1.54) is 14.1 Å². The lowest BCUT2D eigenvalue weighted by Crippen LogP contribution is -2.49. The number of carbonyl (C=O) groups excluding carboxylic acids is 1. The number of amides is 1. The predicted molar refractivity (Wildman–Crippen MR) is 46.2 cm³/mol. The van der Waals surface area contributed by atoms with Crippen LogP contribution in [0.4, 0.5) is 26.3 Å². The molecular weight excluding hydrogens is 270 g/mol. The van der Waals surface area contributed by atoms with Crippen molar-refractivity contribution in [1.29, 1.82) is 0 Å². The Bertz CT molecular complexity index is 323. The van der Waals surface area contributed by atoms with Crippen LogP contribution in [0.15, 0.2) is 0 Å². The third kappa shape index (κ3) is 2.39. The fraction of sp³-hybridized carbons (Fsp3) is 0.875. The number of hydrogen-bond acceptors (Lipinski definition) is 3. The van der Waals surface area contributed by atoms with Gasteiger partial charge in [-0.25, -0.2) is 0 Å². The van der Waals surface area contributed by atoms with Gasteiger partial charge >= 0.3 is 12.4 Å². The molecule has 0 N–H and O–H groups in total. The molecule has 0 aromatic rings. The summed E-state index contributed by atoms with van der Waals surface area (Å²) in [5, 5.41) is -0.269. The zero-order chi connectivity index (χ0) is 14.4. The Hall–Kier alpha value is -1.03. The summed E-state index contributed by atoms with van der Waals surface area (Å²) >= 11 is 0. The summed E-state index contributed by atoms with van der Waals surface area (Å²) in [6, 6.07) is 0. The second-order valence-corrected chi connectivity index (χ2v) is 3.95. The van der Waals surface area contributed by atoms with Crippen molar-refractivity contribution < 1.29 is 36.0 Å². The van der Waals surface area contributed by atoms with E-state index in [1.54, 1.807) is 0 Å². The Morgan fingerprint density at radius 3 is 1.94 bits per heavy atom. The van der Waals surface area contributed by atoms with Gasteiger partial charge in [0, 0.05) is 14.1 Å². The van der Waals surface area contributed by atoms with E-state index in [-0.39, 0.29) is 5.06 Å². The highest BCUT2D eigenvalue weighted by molar-refractivity contribution is 5.76. The largest absolute Gasteiger partial charge is 0.419 e. The van der Waals surface area contributed by atoms with E-state index in [0.717, 1.165) is 4.90 Å². The molecule has 1 atom stereocenters. The second-order valence-electron chi connectivity index (χ2n) is 3.95. The van der Waals surface area contributed by atoms with Crippen LogP contribution in [-0.4, -0.2) is 61.0 Å². The molecule has 0 bridgehead atoms. The molecule has 1 unspecified atom stereocenters. The number of alkyl halides is 6. The lowest BCUT2D eigenvalue weighted by molar-refractivity contribution is -0.305. The van der Waals surface area contributed by atoms with Gasteiger partial charge in [-0.2, -0.15) is 31.4 Å². The van der Waals surface area contributed by atoms with Gasteiger partial charge in [0.1, 0.15) is 6.61 Å². The van der Waals surface area contributed by atoms with Gasteiger partial charge in [0.25, 0.3) is 5.54 Å². The summed E-state index contributed by atoms with van der Waals surface area (Å²) in [7, 11) is 2.60. The molecule has 1 amide bonds. The van der Waals surface area contributed by atoms with E-state index in [2.05, 4.69) is 4.84 Å². The summed E-state index contributed by atoms with van der Waals surface area (Å²) in [6.07, 6.45) is -11.0. The van der Waals surface area contributed by atoms with Crippen LogP contribution in [0.3, 0.4) is 0 Å². The first kappa shape index (κ1) is 15.0. The number of hydroxylamine groups is 2. The van der Waals surface area contributed by atoms with E-state index in [0.29, 0.717) is 0 Å². The SMILES string of the molecule is CN(C)C(=O)CON1CC1(C(F)(F)F)C(F)(F)F. The van der Waals surface area contributed by atoms with E-state index in [9.17, 15) is 31.1 Å². The summed E-state index contributed by atoms with van der Waals surface area (Å²) in [5.74, 6) is -0.736. The number of hydrogen-bond donors (Lipinski definition) is 0. The molecule has 0 saturated carbocycles. The number of nitrogens with zero attached hydrogens (tertiary/aromatic N) is 2. The van der Waals surface area contributed by atoms with Gasteiger partial charge in [0.15, 0.2) is 0 Å². The molecule has 18 heavy (non-hydrogen) atoms. The lowest BCUT2D eigenvalue weighted by Gasteiger charge is -2.23. The average molecular weight is 280 g/mol. The van der Waals surface area contributed by atoms with Crippen LogP contribution in [0, 0.1) is 0 Å². The smallest absolute Gasteiger partial charge is 0.347 e. The van der Waals surface area contributed by atoms with E-state index < -0.39 is 37.0 Å². The van der Waals surface area contributed by atoms with Crippen molar-refractivity contribution in [2.24, 2.45) is 0 Å². The zero-order valence-corrected chi connectivity index (χ0v) is 9.39. The molecule has 1 heterocycles. The van der Waals surface area contributed by atoms with E-state index in [1.807, 2.05) is 0 Å². The Balaban J connectivity index is 2.70. The molecule has 0 aromatic heterocycles. The highest BCUT2D eigenvalue weighted by Crippen LogP contribution is 2.56. The zero-order valence-electron chi connectivity index (χ0n) is 9.39. The predicted octanol–water partition coefficient (Wildman–Crippen LogP) is 1.19. The van der Waals surface area contributed by atoms with Gasteiger partial charge in [-0.15, -0.1) is 0 Å². The molecule has 1 rings (SSSR count). The topological polar surface area (TPSA) is 32.6 Å². The molecule has 1 fully saturated rings. The number of rotatable bonds is 3. The van der Waals surface area contributed by atoms with Crippen molar-refractivity contribution in [1.82, 2.24) is 9.96 Å². The van der Waals surface area contributed by atoms with Crippen LogP contribution in [0.1, 0.15) is 0 Å². The fourth-order valence-corrected chi connectivity index (χ4v) is 1.21. The standard InChI is InChI=1S/C8H10F6N2O2/c1-15(2)5(17)3-18-16-4-6(16,7(9,10)11)8(12,13)14/h3-4H2,1-2H3. The third-order valence-electron chi connectivity index (χ3n) is 2.48. The maximum atomic E-state index is 12.4. The van der Waals surface area contributed by atoms with Gasteiger partial charge in [-0.3, -0.25) is 9.63 Å². The molecule has 1 aliphatic rings. The fourth-order valence-electron chi connectivity index (χ4n) is 1.21. The number of likely N-dealkylation sites (N-methyl/N-ethyl adjacent to an activating group) is 1. The number of halogens is 6. The van der Waals surface area contributed by atoms with Gasteiger partial charge < -0.3 is 4.90 Å². The van der Waals surface area contributed by atoms with Crippen molar-refractivity contribution in [3.63, 3.8) is 0 Å². The van der Waals surface area contributed by atoms with Crippen LogP contribution >= 0.6 is 0 Å². The van der Waals surface area contributed by atoms with Gasteiger partial charge in [0.2, 0.25) is 5.91 Å². The summed E-state index contributed by atoms with van der Waals surface area (Å²) in [6.45, 7) is -2.23. The maximum Gasteiger partial charge on any atom is 0.419 e. The molecule has 0 spiro atoms. The first-order valence-corrected chi connectivity index (χ1v) is 4.67. The van der Waals surface area contributed by atoms with Crippen LogP contribution in [0.2, 0.25) is 0 Å². The minimum absolute atomic E-state index is 0.269. The quantitative estimate of drug-likeness (QED) is 0.575. The highest BCUT2D eigenvalue weighted by atomic mass is 19.4. The third-order valence-corrected chi connectivity index (χ3v) is 2.48. The Kier molecular flexibility index (Phi) is 3.56. The molecule has 0 radical (unpaired) electrons. The first-order chi connectivity index (χ1) is 7.93. The van der Waals surface area contributed by atoms with Crippen LogP contribution < -0.4 is 0 Å². The monoisotopic (exact) mass is 280 g/mol. The first-order valence-electron chi connectivity index (χ1n) is 4.67. The van der Waals surface area contributed by atoms with Crippen molar-refractivity contribution in [2.45, 2.75) is 17.9 Å². The van der Waals surface area contributed by atoms with Crippen LogP contribution in [0.25, 0.3) is 0 Å². The summed E-state index contributed by atoms with van der Waals surface area (Å²) in [5.41, 5.74) is -3.99. The van der Waals surface area contributed by atoms with Crippen LogP contribution in [-0.2, 0) is 9.63 Å². The average Bonchev–Trinajstić information content (AvgIpc) is 2.87. The van der Waals surface area contributed by atoms with Gasteiger partial charge in [-0.05, 0) is 0 Å². The molecule has 1 saturated heterocycles. The minimum Gasteiger partial charge on any atom is -0.347 e. The van der Waals surface area contributed by atoms with E-state index in [4.69, 9.17) is 0 Å². The van der Waals surface area contributed by atoms with Gasteiger partial charge in [0.05, 0.1) is 6.54 Å². The van der Waals surface area contributed by atoms with Crippen LogP contribution in [0.5, 0.6) is 0 Å². The normalized spacial score (nSPS) is 22.8. The summed E-state index contributed by atoms with van der Waals surface area (Å²) < 4.78 is 74.3. The number of carbonyl (C=O) groups is 1. The lowest BCUT2D eigenvalue weighted by atomic mass is 10.1. The molecule has 4 nitrogen and oxygen atoms in total. The van der Waals surface area contributed by atoms with E-state index >= 15 is 0 Å².